The van der Waals surface area contributed by atoms with Crippen LogP contribution in [-0.4, -0.2) is 52.8 Å². The molecule has 0 aromatic heterocycles. The maximum absolute atomic E-state index is 5.48. The monoisotopic (exact) mass is 317 g/mol. The van der Waals surface area contributed by atoms with Gasteiger partial charge >= 0.3 is 0 Å². The first-order chi connectivity index (χ1) is 10.5. The highest BCUT2D eigenvalue weighted by atomic mass is 16.9. The summed E-state index contributed by atoms with van der Waals surface area (Å²) in [6, 6.07) is 0. The van der Waals surface area contributed by atoms with Crippen LogP contribution in [-0.2, 0) is 14.2 Å². The normalized spacial score (nSPS) is 13.8. The second-order valence-corrected chi connectivity index (χ2v) is 6.51. The smallest absolute Gasteiger partial charge is 0.282 e. The number of rotatable bonds is 15. The molecule has 0 amide bonds. The van der Waals surface area contributed by atoms with Crippen molar-refractivity contribution in [2.75, 3.05) is 42.0 Å². The van der Waals surface area contributed by atoms with Crippen LogP contribution in [0.25, 0.3) is 0 Å². The molecule has 0 saturated heterocycles. The van der Waals surface area contributed by atoms with Crippen LogP contribution >= 0.6 is 0 Å². The van der Waals surface area contributed by atoms with E-state index in [4.69, 9.17) is 14.2 Å². The maximum Gasteiger partial charge on any atom is 0.282 e. The van der Waals surface area contributed by atoms with Crippen molar-refractivity contribution in [1.29, 1.82) is 0 Å². The van der Waals surface area contributed by atoms with Crippen LogP contribution in [0.15, 0.2) is 0 Å². The van der Waals surface area contributed by atoms with E-state index in [1.165, 1.54) is 51.4 Å². The third-order valence-electron chi connectivity index (χ3n) is 4.41. The molecule has 0 N–H and O–H groups in total. The molecule has 0 aliphatic rings. The first-order valence-electron chi connectivity index (χ1n) is 8.83. The highest BCUT2D eigenvalue weighted by molar-refractivity contribution is 4.68. The Balaban J connectivity index is 4.36. The van der Waals surface area contributed by atoms with Crippen LogP contribution in [0.1, 0.15) is 64.7 Å². The summed E-state index contributed by atoms with van der Waals surface area (Å²) < 4.78 is 16.5. The average molecular weight is 318 g/mol. The molecular formula is C18H39NO3. The maximum atomic E-state index is 5.48. The Morgan fingerprint density at radius 1 is 0.818 bits per heavy atom. The first-order valence-corrected chi connectivity index (χ1v) is 8.83. The van der Waals surface area contributed by atoms with E-state index in [2.05, 4.69) is 25.9 Å². The van der Waals surface area contributed by atoms with Crippen molar-refractivity contribution >= 4 is 0 Å². The molecule has 0 aromatic rings. The fraction of sp³-hybridized carbons (Fsp3) is 1.00. The molecule has 1 unspecified atom stereocenters. The van der Waals surface area contributed by atoms with E-state index in [1.807, 2.05) is 0 Å². The van der Waals surface area contributed by atoms with E-state index in [-0.39, 0.29) is 0 Å². The summed E-state index contributed by atoms with van der Waals surface area (Å²) in [6.45, 7) is 3.39. The van der Waals surface area contributed by atoms with Crippen molar-refractivity contribution in [1.82, 2.24) is 4.90 Å². The Hall–Kier alpha value is -0.160. The molecule has 0 aliphatic heterocycles. The van der Waals surface area contributed by atoms with Gasteiger partial charge in [0, 0.05) is 27.8 Å². The van der Waals surface area contributed by atoms with E-state index in [9.17, 15) is 0 Å². The van der Waals surface area contributed by atoms with Crippen LogP contribution in [0.4, 0.5) is 0 Å². The fourth-order valence-electron chi connectivity index (χ4n) is 2.93. The standard InChI is InChI=1S/C18H39NO3/c1-7-8-9-10-11-13-17(14-12-15-19(2)3)16-18(20-4,21-5)22-6/h17H,7-16H2,1-6H3. The topological polar surface area (TPSA) is 30.9 Å². The Morgan fingerprint density at radius 3 is 1.86 bits per heavy atom. The minimum absolute atomic E-state index is 0.585. The molecule has 0 radical (unpaired) electrons. The van der Waals surface area contributed by atoms with Crippen molar-refractivity contribution in [3.05, 3.63) is 0 Å². The summed E-state index contributed by atoms with van der Waals surface area (Å²) >= 11 is 0. The molecule has 0 spiro atoms. The zero-order valence-corrected chi connectivity index (χ0v) is 15.8. The number of hydrogen-bond acceptors (Lipinski definition) is 4. The number of nitrogens with zero attached hydrogens (tertiary/aromatic N) is 1. The van der Waals surface area contributed by atoms with Gasteiger partial charge in [-0.15, -0.1) is 0 Å². The Kier molecular flexibility index (Phi) is 13.2. The van der Waals surface area contributed by atoms with Gasteiger partial charge < -0.3 is 19.1 Å². The third kappa shape index (κ3) is 9.78. The molecular weight excluding hydrogens is 278 g/mol. The van der Waals surface area contributed by atoms with Gasteiger partial charge in [-0.3, -0.25) is 0 Å². The van der Waals surface area contributed by atoms with Crippen LogP contribution in [0.2, 0.25) is 0 Å². The Morgan fingerprint density at radius 2 is 1.36 bits per heavy atom. The SMILES string of the molecule is CCCCCCCC(CCCN(C)C)CC(OC)(OC)OC. The lowest BCUT2D eigenvalue weighted by atomic mass is 9.91. The zero-order valence-electron chi connectivity index (χ0n) is 15.8. The molecule has 0 saturated carbocycles. The molecule has 0 heterocycles. The third-order valence-corrected chi connectivity index (χ3v) is 4.41. The highest BCUT2D eigenvalue weighted by Crippen LogP contribution is 2.29. The molecule has 22 heavy (non-hydrogen) atoms. The molecule has 134 valence electrons. The number of methoxy groups -OCH3 is 3. The van der Waals surface area contributed by atoms with Gasteiger partial charge in [0.15, 0.2) is 0 Å². The van der Waals surface area contributed by atoms with Gasteiger partial charge in [-0.05, 0) is 39.4 Å². The van der Waals surface area contributed by atoms with E-state index in [1.54, 1.807) is 21.3 Å². The van der Waals surface area contributed by atoms with Gasteiger partial charge in [-0.2, -0.15) is 0 Å². The molecule has 0 rings (SSSR count). The molecule has 4 heteroatoms. The van der Waals surface area contributed by atoms with Crippen molar-refractivity contribution in [2.45, 2.75) is 70.7 Å². The highest BCUT2D eigenvalue weighted by Gasteiger charge is 2.32. The van der Waals surface area contributed by atoms with Crippen molar-refractivity contribution < 1.29 is 14.2 Å². The van der Waals surface area contributed by atoms with Crippen LogP contribution in [0.3, 0.4) is 0 Å². The number of ether oxygens (including phenoxy) is 3. The Labute approximate surface area is 138 Å². The van der Waals surface area contributed by atoms with Gasteiger partial charge in [0.1, 0.15) is 0 Å². The van der Waals surface area contributed by atoms with Crippen LogP contribution < -0.4 is 0 Å². The number of hydrogen-bond donors (Lipinski definition) is 0. The van der Waals surface area contributed by atoms with Crippen molar-refractivity contribution in [3.8, 4) is 0 Å². The lowest BCUT2D eigenvalue weighted by Crippen LogP contribution is -2.38. The lowest BCUT2D eigenvalue weighted by Gasteiger charge is -2.32. The van der Waals surface area contributed by atoms with Crippen molar-refractivity contribution in [2.24, 2.45) is 5.92 Å². The summed E-state index contributed by atoms with van der Waals surface area (Å²) in [5.74, 6) is -0.298. The Bertz CT molecular complexity index is 234. The zero-order chi connectivity index (χ0) is 16.8. The van der Waals surface area contributed by atoms with E-state index in [0.717, 1.165) is 13.0 Å². The predicted octanol–water partition coefficient (Wildman–Crippen LogP) is 4.29. The average Bonchev–Trinajstić information content (AvgIpc) is 2.51. The summed E-state index contributed by atoms with van der Waals surface area (Å²) in [5.41, 5.74) is 0. The first kappa shape index (κ1) is 21.8. The van der Waals surface area contributed by atoms with E-state index < -0.39 is 5.97 Å². The van der Waals surface area contributed by atoms with E-state index in [0.29, 0.717) is 5.92 Å². The summed E-state index contributed by atoms with van der Waals surface area (Å²) in [7, 11) is 9.23. The minimum Gasteiger partial charge on any atom is -0.331 e. The largest absolute Gasteiger partial charge is 0.331 e. The lowest BCUT2D eigenvalue weighted by molar-refractivity contribution is -0.359. The molecule has 0 aliphatic carbocycles. The van der Waals surface area contributed by atoms with Crippen LogP contribution in [0, 0.1) is 5.92 Å². The molecule has 0 bridgehead atoms. The second-order valence-electron chi connectivity index (χ2n) is 6.51. The summed E-state index contributed by atoms with van der Waals surface area (Å²) in [6.07, 6.45) is 11.1. The minimum atomic E-state index is -0.883. The second kappa shape index (κ2) is 13.3. The fourth-order valence-corrected chi connectivity index (χ4v) is 2.93. The molecule has 1 atom stereocenters. The van der Waals surface area contributed by atoms with Gasteiger partial charge in [0.25, 0.3) is 5.97 Å². The molecule has 0 fully saturated rings. The van der Waals surface area contributed by atoms with Gasteiger partial charge in [0.05, 0.1) is 0 Å². The van der Waals surface area contributed by atoms with E-state index >= 15 is 0 Å². The summed E-state index contributed by atoms with van der Waals surface area (Å²) in [5, 5.41) is 0. The van der Waals surface area contributed by atoms with Crippen LogP contribution in [0.5, 0.6) is 0 Å². The number of unbranched alkanes of at least 4 members (excludes halogenated alkanes) is 4. The quantitative estimate of drug-likeness (QED) is 0.333. The van der Waals surface area contributed by atoms with Crippen molar-refractivity contribution in [3.63, 3.8) is 0 Å². The predicted molar refractivity (Wildman–Crippen MR) is 93.0 cm³/mol. The van der Waals surface area contributed by atoms with Gasteiger partial charge in [-0.25, -0.2) is 0 Å². The summed E-state index contributed by atoms with van der Waals surface area (Å²) in [4.78, 5) is 2.24. The van der Waals surface area contributed by atoms with Gasteiger partial charge in [0.2, 0.25) is 0 Å². The molecule has 0 aromatic carbocycles. The molecule has 4 nitrogen and oxygen atoms in total. The van der Waals surface area contributed by atoms with Gasteiger partial charge in [-0.1, -0.05) is 45.4 Å².